The van der Waals surface area contributed by atoms with Gasteiger partial charge in [0.15, 0.2) is 0 Å². The molecule has 2 amide bonds. The van der Waals surface area contributed by atoms with Crippen LogP contribution in [0.1, 0.15) is 27.5 Å². The van der Waals surface area contributed by atoms with Crippen LogP contribution < -0.4 is 0 Å². The minimum Gasteiger partial charge on any atom is -0.378 e. The van der Waals surface area contributed by atoms with E-state index in [4.69, 9.17) is 4.74 Å². The summed E-state index contributed by atoms with van der Waals surface area (Å²) in [7, 11) is 0. The summed E-state index contributed by atoms with van der Waals surface area (Å²) in [4.78, 5) is 32.9. The number of H-pyrrole nitrogens is 1. The number of para-hydroxylation sites is 1. The van der Waals surface area contributed by atoms with Crippen LogP contribution in [0, 0.1) is 0 Å². The molecular weight excluding hydrogens is 354 g/mol. The number of aromatic amines is 1. The first-order chi connectivity index (χ1) is 13.7. The highest BCUT2D eigenvalue weighted by molar-refractivity contribution is 6.02. The van der Waals surface area contributed by atoms with Crippen molar-refractivity contribution in [3.63, 3.8) is 0 Å². The number of hydrogen-bond acceptors (Lipinski definition) is 3. The Morgan fingerprint density at radius 3 is 2.64 bits per heavy atom. The van der Waals surface area contributed by atoms with Crippen molar-refractivity contribution in [1.29, 1.82) is 0 Å². The average molecular weight is 375 g/mol. The minimum atomic E-state index is -0.273. The lowest BCUT2D eigenvalue weighted by Crippen LogP contribution is -2.46. The molecule has 3 aromatic rings. The van der Waals surface area contributed by atoms with Gasteiger partial charge < -0.3 is 19.5 Å². The number of hydrogen-bond donors (Lipinski definition) is 1. The standard InChI is InChI=1S/C22H21N3O3/c26-20(24-9-11-28-12-10-24)14-25-21(16-6-1-2-7-17(16)22(25)27)18-13-23-19-8-4-3-5-15(18)19/h1-8,13,21,23H,9-12,14H2/t21-/m1/s1. The molecule has 1 aromatic heterocycles. The van der Waals surface area contributed by atoms with Crippen molar-refractivity contribution in [3.8, 4) is 0 Å². The molecular formula is C22H21N3O3. The SMILES string of the molecule is O=C(CN1C(=O)c2ccccc2[C@@H]1c1c[nH]c2ccccc12)N1CCOCC1. The Morgan fingerprint density at radius 2 is 1.79 bits per heavy atom. The Balaban J connectivity index is 1.55. The van der Waals surface area contributed by atoms with E-state index in [0.717, 1.165) is 22.0 Å². The monoisotopic (exact) mass is 375 g/mol. The van der Waals surface area contributed by atoms with Crippen molar-refractivity contribution in [1.82, 2.24) is 14.8 Å². The van der Waals surface area contributed by atoms with Gasteiger partial charge in [-0.15, -0.1) is 0 Å². The highest BCUT2D eigenvalue weighted by Gasteiger charge is 2.40. The van der Waals surface area contributed by atoms with E-state index in [9.17, 15) is 9.59 Å². The quantitative estimate of drug-likeness (QED) is 0.765. The topological polar surface area (TPSA) is 65.6 Å². The van der Waals surface area contributed by atoms with Crippen molar-refractivity contribution < 1.29 is 14.3 Å². The highest BCUT2D eigenvalue weighted by Crippen LogP contribution is 2.40. The van der Waals surface area contributed by atoms with E-state index >= 15 is 0 Å². The van der Waals surface area contributed by atoms with Crippen molar-refractivity contribution in [2.24, 2.45) is 0 Å². The first-order valence-corrected chi connectivity index (χ1v) is 9.55. The lowest BCUT2D eigenvalue weighted by Gasteiger charge is -2.31. The lowest BCUT2D eigenvalue weighted by molar-refractivity contribution is -0.136. The van der Waals surface area contributed by atoms with Gasteiger partial charge in [0, 0.05) is 41.3 Å². The molecule has 0 spiro atoms. The van der Waals surface area contributed by atoms with Crippen LogP contribution in [-0.4, -0.2) is 59.4 Å². The van der Waals surface area contributed by atoms with E-state index in [-0.39, 0.29) is 24.4 Å². The third-order valence-corrected chi connectivity index (χ3v) is 5.64. The number of rotatable bonds is 3. The number of nitrogens with zero attached hydrogens (tertiary/aromatic N) is 2. The largest absolute Gasteiger partial charge is 0.378 e. The second-order valence-electron chi connectivity index (χ2n) is 7.21. The maximum Gasteiger partial charge on any atom is 0.255 e. The summed E-state index contributed by atoms with van der Waals surface area (Å²) >= 11 is 0. The Labute approximate surface area is 162 Å². The number of benzene rings is 2. The smallest absolute Gasteiger partial charge is 0.255 e. The number of nitrogens with one attached hydrogen (secondary N) is 1. The van der Waals surface area contributed by atoms with Crippen LogP contribution in [-0.2, 0) is 9.53 Å². The first kappa shape index (κ1) is 17.0. The fourth-order valence-electron chi connectivity index (χ4n) is 4.25. The predicted molar refractivity (Wildman–Crippen MR) is 105 cm³/mol. The minimum absolute atomic E-state index is 0.0331. The lowest BCUT2D eigenvalue weighted by atomic mass is 9.97. The molecule has 0 radical (unpaired) electrons. The normalized spacial score (nSPS) is 19.3. The first-order valence-electron chi connectivity index (χ1n) is 9.55. The van der Waals surface area contributed by atoms with E-state index in [2.05, 4.69) is 11.1 Å². The molecule has 142 valence electrons. The van der Waals surface area contributed by atoms with Crippen molar-refractivity contribution in [3.05, 3.63) is 71.4 Å². The fraction of sp³-hybridized carbons (Fsp3) is 0.273. The molecule has 6 nitrogen and oxygen atoms in total. The van der Waals surface area contributed by atoms with Gasteiger partial charge in [-0.25, -0.2) is 0 Å². The van der Waals surface area contributed by atoms with Crippen LogP contribution >= 0.6 is 0 Å². The second kappa shape index (κ2) is 6.80. The fourth-order valence-corrected chi connectivity index (χ4v) is 4.25. The van der Waals surface area contributed by atoms with Crippen molar-refractivity contribution in [2.75, 3.05) is 32.8 Å². The van der Waals surface area contributed by atoms with Gasteiger partial charge in [0.05, 0.1) is 19.3 Å². The molecule has 2 aliphatic heterocycles. The van der Waals surface area contributed by atoms with Gasteiger partial charge in [-0.1, -0.05) is 36.4 Å². The molecule has 3 heterocycles. The van der Waals surface area contributed by atoms with Crippen LogP contribution in [0.15, 0.2) is 54.7 Å². The molecule has 28 heavy (non-hydrogen) atoms. The molecule has 1 atom stereocenters. The van der Waals surface area contributed by atoms with Crippen LogP contribution in [0.4, 0.5) is 0 Å². The second-order valence-corrected chi connectivity index (χ2v) is 7.21. The number of ether oxygens (including phenoxy) is 1. The van der Waals surface area contributed by atoms with Crippen LogP contribution in [0.3, 0.4) is 0 Å². The summed E-state index contributed by atoms with van der Waals surface area (Å²) < 4.78 is 5.34. The van der Waals surface area contributed by atoms with Gasteiger partial charge in [0.25, 0.3) is 5.91 Å². The van der Waals surface area contributed by atoms with Crippen LogP contribution in [0.5, 0.6) is 0 Å². The third kappa shape index (κ3) is 2.68. The molecule has 2 aromatic carbocycles. The summed E-state index contributed by atoms with van der Waals surface area (Å²) in [6, 6.07) is 15.4. The van der Waals surface area contributed by atoms with E-state index in [0.29, 0.717) is 31.9 Å². The molecule has 1 N–H and O–H groups in total. The molecule has 0 unspecified atom stereocenters. The molecule has 5 rings (SSSR count). The van der Waals surface area contributed by atoms with Crippen molar-refractivity contribution in [2.45, 2.75) is 6.04 Å². The van der Waals surface area contributed by atoms with Crippen LogP contribution in [0.2, 0.25) is 0 Å². The maximum absolute atomic E-state index is 13.2. The highest BCUT2D eigenvalue weighted by atomic mass is 16.5. The molecule has 6 heteroatoms. The summed E-state index contributed by atoms with van der Waals surface area (Å²) in [5.74, 6) is -0.123. The summed E-state index contributed by atoms with van der Waals surface area (Å²) in [6.45, 7) is 2.31. The third-order valence-electron chi connectivity index (χ3n) is 5.64. The molecule has 1 fully saturated rings. The molecule has 0 aliphatic carbocycles. The average Bonchev–Trinajstić information content (AvgIpc) is 3.28. The number of carbonyl (C=O) groups excluding carboxylic acids is 2. The van der Waals surface area contributed by atoms with E-state index < -0.39 is 0 Å². The van der Waals surface area contributed by atoms with Gasteiger partial charge in [0.2, 0.25) is 5.91 Å². The van der Waals surface area contributed by atoms with Crippen molar-refractivity contribution >= 4 is 22.7 Å². The van der Waals surface area contributed by atoms with Gasteiger partial charge in [-0.05, 0) is 17.7 Å². The Kier molecular flexibility index (Phi) is 4.13. The zero-order valence-corrected chi connectivity index (χ0v) is 15.4. The van der Waals surface area contributed by atoms with Gasteiger partial charge in [0.1, 0.15) is 6.54 Å². The van der Waals surface area contributed by atoms with Gasteiger partial charge in [-0.3, -0.25) is 9.59 Å². The number of fused-ring (bicyclic) bond motifs is 2. The van der Waals surface area contributed by atoms with Crippen LogP contribution in [0.25, 0.3) is 10.9 Å². The Morgan fingerprint density at radius 1 is 1.04 bits per heavy atom. The number of morpholine rings is 1. The predicted octanol–water partition coefficient (Wildman–Crippen LogP) is 2.57. The van der Waals surface area contributed by atoms with E-state index in [1.807, 2.05) is 48.7 Å². The number of aromatic nitrogens is 1. The van der Waals surface area contributed by atoms with E-state index in [1.54, 1.807) is 9.80 Å². The number of carbonyl (C=O) groups is 2. The Bertz CT molecular complexity index is 1050. The zero-order valence-electron chi connectivity index (χ0n) is 15.4. The molecule has 0 bridgehead atoms. The molecule has 2 aliphatic rings. The summed E-state index contributed by atoms with van der Waals surface area (Å²) in [5, 5.41) is 1.07. The summed E-state index contributed by atoms with van der Waals surface area (Å²) in [5.41, 5.74) is 3.66. The maximum atomic E-state index is 13.2. The molecule has 1 saturated heterocycles. The zero-order chi connectivity index (χ0) is 19.1. The Hall–Kier alpha value is -3.12. The van der Waals surface area contributed by atoms with Gasteiger partial charge >= 0.3 is 0 Å². The van der Waals surface area contributed by atoms with E-state index in [1.165, 1.54) is 0 Å². The summed E-state index contributed by atoms with van der Waals surface area (Å²) in [6.07, 6.45) is 1.96. The van der Waals surface area contributed by atoms with Gasteiger partial charge in [-0.2, -0.15) is 0 Å². The molecule has 0 saturated carbocycles. The number of amides is 2.